The molecule has 5 nitrogen and oxygen atoms in total. The van der Waals surface area contributed by atoms with Crippen LogP contribution >= 0.6 is 12.4 Å². The van der Waals surface area contributed by atoms with Crippen molar-refractivity contribution in [1.82, 2.24) is 9.62 Å². The van der Waals surface area contributed by atoms with E-state index in [1.165, 1.54) is 4.31 Å². The SMILES string of the molecule is CNCCC1CCN(S(=O)(=O)c2ccccc2C(=O)c2ccccc2)CC1.Cl. The summed E-state index contributed by atoms with van der Waals surface area (Å²) in [6, 6.07) is 15.3. The first kappa shape index (κ1) is 22.6. The van der Waals surface area contributed by atoms with Crippen molar-refractivity contribution in [2.45, 2.75) is 24.2 Å². The topological polar surface area (TPSA) is 66.5 Å². The third-order valence-corrected chi connectivity index (χ3v) is 7.12. The number of sulfonamides is 1. The normalized spacial score (nSPS) is 15.8. The van der Waals surface area contributed by atoms with E-state index in [1.807, 2.05) is 13.1 Å². The van der Waals surface area contributed by atoms with E-state index in [1.54, 1.807) is 48.5 Å². The summed E-state index contributed by atoms with van der Waals surface area (Å²) in [7, 11) is -1.76. The van der Waals surface area contributed by atoms with Crippen LogP contribution in [0.5, 0.6) is 0 Å². The van der Waals surface area contributed by atoms with E-state index >= 15 is 0 Å². The molecule has 2 aromatic rings. The van der Waals surface area contributed by atoms with Crippen LogP contribution in [0.2, 0.25) is 0 Å². The van der Waals surface area contributed by atoms with Gasteiger partial charge in [-0.2, -0.15) is 4.31 Å². The minimum Gasteiger partial charge on any atom is -0.320 e. The second kappa shape index (κ2) is 10.2. The first-order valence-electron chi connectivity index (χ1n) is 9.37. The average Bonchev–Trinajstić information content (AvgIpc) is 2.72. The molecule has 0 bridgehead atoms. The highest BCUT2D eigenvalue weighted by Crippen LogP contribution is 2.28. The Balaban J connectivity index is 0.00000280. The van der Waals surface area contributed by atoms with E-state index in [2.05, 4.69) is 5.32 Å². The van der Waals surface area contributed by atoms with E-state index in [9.17, 15) is 13.2 Å². The van der Waals surface area contributed by atoms with Crippen molar-refractivity contribution in [3.8, 4) is 0 Å². The molecule has 1 saturated heterocycles. The molecule has 3 rings (SSSR count). The molecule has 0 unspecified atom stereocenters. The molecule has 0 atom stereocenters. The smallest absolute Gasteiger partial charge is 0.243 e. The van der Waals surface area contributed by atoms with E-state index in [0.29, 0.717) is 24.6 Å². The van der Waals surface area contributed by atoms with Gasteiger partial charge in [-0.15, -0.1) is 12.4 Å². The fourth-order valence-electron chi connectivity index (χ4n) is 3.55. The Hall–Kier alpha value is -1.73. The Morgan fingerprint density at radius 1 is 1.04 bits per heavy atom. The van der Waals surface area contributed by atoms with Gasteiger partial charge in [0.2, 0.25) is 10.0 Å². The van der Waals surface area contributed by atoms with Crippen molar-refractivity contribution < 1.29 is 13.2 Å². The van der Waals surface area contributed by atoms with Crippen molar-refractivity contribution in [2.24, 2.45) is 5.92 Å². The lowest BCUT2D eigenvalue weighted by Gasteiger charge is -2.31. The summed E-state index contributed by atoms with van der Waals surface area (Å²) in [6.45, 7) is 1.96. The van der Waals surface area contributed by atoms with Crippen LogP contribution in [0.25, 0.3) is 0 Å². The van der Waals surface area contributed by atoms with Crippen LogP contribution < -0.4 is 5.32 Å². The summed E-state index contributed by atoms with van der Waals surface area (Å²) >= 11 is 0. The maximum Gasteiger partial charge on any atom is 0.243 e. The predicted molar refractivity (Wildman–Crippen MR) is 114 cm³/mol. The zero-order valence-electron chi connectivity index (χ0n) is 16.0. The third-order valence-electron chi connectivity index (χ3n) is 5.16. The molecule has 0 spiro atoms. The molecule has 0 saturated carbocycles. The number of piperidine rings is 1. The summed E-state index contributed by atoms with van der Waals surface area (Å²) in [5, 5.41) is 3.15. The van der Waals surface area contributed by atoms with Crippen molar-refractivity contribution >= 4 is 28.2 Å². The number of hydrogen-bond donors (Lipinski definition) is 1. The largest absolute Gasteiger partial charge is 0.320 e. The number of nitrogens with zero attached hydrogens (tertiary/aromatic N) is 1. The van der Waals surface area contributed by atoms with Crippen LogP contribution in [-0.4, -0.2) is 45.2 Å². The number of benzene rings is 2. The van der Waals surface area contributed by atoms with Gasteiger partial charge in [0.1, 0.15) is 0 Å². The average molecular weight is 423 g/mol. The summed E-state index contributed by atoms with van der Waals surface area (Å²) in [4.78, 5) is 13.0. The first-order valence-corrected chi connectivity index (χ1v) is 10.8. The van der Waals surface area contributed by atoms with Crippen LogP contribution in [0.3, 0.4) is 0 Å². The van der Waals surface area contributed by atoms with Gasteiger partial charge in [-0.25, -0.2) is 8.42 Å². The van der Waals surface area contributed by atoms with Crippen LogP contribution in [0, 0.1) is 5.92 Å². The van der Waals surface area contributed by atoms with Crippen LogP contribution in [0.15, 0.2) is 59.5 Å². The molecule has 28 heavy (non-hydrogen) atoms. The van der Waals surface area contributed by atoms with Crippen LogP contribution in [-0.2, 0) is 10.0 Å². The van der Waals surface area contributed by atoms with Crippen molar-refractivity contribution in [3.05, 3.63) is 65.7 Å². The van der Waals surface area contributed by atoms with Gasteiger partial charge in [-0.3, -0.25) is 4.79 Å². The summed E-state index contributed by atoms with van der Waals surface area (Å²) < 4.78 is 28.0. The lowest BCUT2D eigenvalue weighted by molar-refractivity contribution is 0.103. The van der Waals surface area contributed by atoms with E-state index < -0.39 is 10.0 Å². The summed E-state index contributed by atoms with van der Waals surface area (Å²) in [6.07, 6.45) is 2.78. The maximum absolute atomic E-state index is 13.2. The molecular formula is C21H27ClN2O3S. The molecule has 0 amide bonds. The molecule has 1 aliphatic rings. The molecule has 0 radical (unpaired) electrons. The molecule has 152 valence electrons. The molecule has 1 heterocycles. The lowest BCUT2D eigenvalue weighted by Crippen LogP contribution is -2.39. The minimum atomic E-state index is -3.69. The van der Waals surface area contributed by atoms with Gasteiger partial charge in [-0.05, 0) is 50.9 Å². The van der Waals surface area contributed by atoms with Gasteiger partial charge in [0, 0.05) is 24.2 Å². The monoisotopic (exact) mass is 422 g/mol. The predicted octanol–water partition coefficient (Wildman–Crippen LogP) is 3.35. The van der Waals surface area contributed by atoms with E-state index in [4.69, 9.17) is 0 Å². The van der Waals surface area contributed by atoms with E-state index in [-0.39, 0.29) is 28.6 Å². The van der Waals surface area contributed by atoms with Gasteiger partial charge in [0.15, 0.2) is 5.78 Å². The van der Waals surface area contributed by atoms with Crippen molar-refractivity contribution in [2.75, 3.05) is 26.7 Å². The number of carbonyl (C=O) groups excluding carboxylic acids is 1. The number of halogens is 1. The lowest BCUT2D eigenvalue weighted by atomic mass is 9.95. The molecular weight excluding hydrogens is 396 g/mol. The maximum atomic E-state index is 13.2. The Morgan fingerprint density at radius 2 is 1.64 bits per heavy atom. The Labute approximate surface area is 173 Å². The Bertz CT molecular complexity index is 880. The standard InChI is InChI=1S/C21H26N2O3S.ClH/c1-22-14-11-17-12-15-23(16-13-17)27(25,26)20-10-6-5-9-19(20)21(24)18-7-3-2-4-8-18;/h2-10,17,22H,11-16H2,1H3;1H. The Kier molecular flexibility index (Phi) is 8.19. The van der Waals surface area contributed by atoms with Crippen LogP contribution in [0.1, 0.15) is 35.2 Å². The van der Waals surface area contributed by atoms with Crippen molar-refractivity contribution in [3.63, 3.8) is 0 Å². The second-order valence-corrected chi connectivity index (χ2v) is 8.84. The number of carbonyl (C=O) groups is 1. The van der Waals surface area contributed by atoms with Gasteiger partial charge < -0.3 is 5.32 Å². The summed E-state index contributed by atoms with van der Waals surface area (Å²) in [5.74, 6) is 0.281. The van der Waals surface area contributed by atoms with Gasteiger partial charge in [0.25, 0.3) is 0 Å². The number of rotatable bonds is 7. The molecule has 2 aromatic carbocycles. The third kappa shape index (κ3) is 5.00. The molecule has 0 aromatic heterocycles. The molecule has 7 heteroatoms. The first-order chi connectivity index (χ1) is 13.0. The molecule has 1 N–H and O–H groups in total. The Morgan fingerprint density at radius 3 is 2.29 bits per heavy atom. The zero-order valence-corrected chi connectivity index (χ0v) is 17.6. The highest BCUT2D eigenvalue weighted by atomic mass is 35.5. The van der Waals surface area contributed by atoms with Gasteiger partial charge >= 0.3 is 0 Å². The fourth-order valence-corrected chi connectivity index (χ4v) is 5.21. The van der Waals surface area contributed by atoms with Crippen molar-refractivity contribution in [1.29, 1.82) is 0 Å². The quantitative estimate of drug-likeness (QED) is 0.695. The highest BCUT2D eigenvalue weighted by molar-refractivity contribution is 7.89. The summed E-state index contributed by atoms with van der Waals surface area (Å²) in [5.41, 5.74) is 0.729. The van der Waals surface area contributed by atoms with E-state index in [0.717, 1.165) is 25.8 Å². The number of hydrogen-bond acceptors (Lipinski definition) is 4. The zero-order chi connectivity index (χ0) is 19.3. The van der Waals surface area contributed by atoms with Crippen LogP contribution in [0.4, 0.5) is 0 Å². The number of ketones is 1. The molecule has 0 aliphatic carbocycles. The second-order valence-electron chi connectivity index (χ2n) is 6.93. The van der Waals surface area contributed by atoms with Gasteiger partial charge in [0.05, 0.1) is 4.90 Å². The highest BCUT2D eigenvalue weighted by Gasteiger charge is 2.32. The number of nitrogens with one attached hydrogen (secondary N) is 1. The minimum absolute atomic E-state index is 0. The molecule has 1 aliphatic heterocycles. The van der Waals surface area contributed by atoms with Gasteiger partial charge in [-0.1, -0.05) is 42.5 Å². The molecule has 1 fully saturated rings. The fraction of sp³-hybridized carbons (Fsp3) is 0.381.